The lowest BCUT2D eigenvalue weighted by Gasteiger charge is -2.33. The lowest BCUT2D eigenvalue weighted by Crippen LogP contribution is -2.36. The van der Waals surface area contributed by atoms with Crippen molar-refractivity contribution < 1.29 is 0 Å². The molecule has 1 aliphatic rings. The molecule has 2 nitrogen and oxygen atoms in total. The highest BCUT2D eigenvalue weighted by Gasteiger charge is 2.20. The van der Waals surface area contributed by atoms with E-state index < -0.39 is 0 Å². The fraction of sp³-hybridized carbons (Fsp3) is 1.00. The van der Waals surface area contributed by atoms with Gasteiger partial charge in [0.2, 0.25) is 0 Å². The number of hydrogen-bond acceptors (Lipinski definition) is 2. The van der Waals surface area contributed by atoms with Gasteiger partial charge in [-0.3, -0.25) is 0 Å². The summed E-state index contributed by atoms with van der Waals surface area (Å²) in [7, 11) is 0. The van der Waals surface area contributed by atoms with E-state index in [0.29, 0.717) is 0 Å². The summed E-state index contributed by atoms with van der Waals surface area (Å²) in [5, 5.41) is 3.53. The van der Waals surface area contributed by atoms with Crippen molar-refractivity contribution in [3.8, 4) is 0 Å². The monoisotopic (exact) mass is 254 g/mol. The highest BCUT2D eigenvalue weighted by atomic mass is 15.1. The second-order valence-corrected chi connectivity index (χ2v) is 6.73. The number of rotatable bonds is 8. The smallest absolute Gasteiger partial charge is 0.00160 e. The minimum absolute atomic E-state index is 0.778. The van der Waals surface area contributed by atoms with Gasteiger partial charge >= 0.3 is 0 Å². The van der Waals surface area contributed by atoms with Crippen molar-refractivity contribution in [2.75, 3.05) is 32.7 Å². The van der Waals surface area contributed by atoms with Gasteiger partial charge in [0.1, 0.15) is 0 Å². The summed E-state index contributed by atoms with van der Waals surface area (Å²) in [5.41, 5.74) is 0. The van der Waals surface area contributed by atoms with E-state index in [1.165, 1.54) is 58.4 Å². The predicted octanol–water partition coefficient (Wildman–Crippen LogP) is 3.38. The molecule has 18 heavy (non-hydrogen) atoms. The molecule has 1 aliphatic heterocycles. The minimum atomic E-state index is 0.778. The van der Waals surface area contributed by atoms with Gasteiger partial charge in [-0.1, -0.05) is 27.7 Å². The highest BCUT2D eigenvalue weighted by Crippen LogP contribution is 2.24. The molecule has 0 spiro atoms. The Balaban J connectivity index is 1.95. The highest BCUT2D eigenvalue weighted by molar-refractivity contribution is 4.74. The zero-order valence-electron chi connectivity index (χ0n) is 13.0. The molecule has 0 aromatic carbocycles. The van der Waals surface area contributed by atoms with Gasteiger partial charge in [-0.2, -0.15) is 0 Å². The predicted molar refractivity (Wildman–Crippen MR) is 80.9 cm³/mol. The first-order valence-corrected chi connectivity index (χ1v) is 8.02. The van der Waals surface area contributed by atoms with Crippen LogP contribution in [-0.2, 0) is 0 Å². The van der Waals surface area contributed by atoms with Crippen LogP contribution in [0.4, 0.5) is 0 Å². The molecule has 0 saturated carbocycles. The van der Waals surface area contributed by atoms with Gasteiger partial charge in [-0.05, 0) is 76.2 Å². The molecule has 0 aromatic rings. The van der Waals surface area contributed by atoms with Gasteiger partial charge in [0.25, 0.3) is 0 Å². The molecule has 1 heterocycles. The maximum Gasteiger partial charge on any atom is -0.00160 e. The van der Waals surface area contributed by atoms with Crippen LogP contribution in [-0.4, -0.2) is 37.6 Å². The number of unbranched alkanes of at least 4 members (excludes halogenated alkanes) is 1. The Morgan fingerprint density at radius 2 is 1.72 bits per heavy atom. The van der Waals surface area contributed by atoms with Crippen LogP contribution in [0.3, 0.4) is 0 Å². The van der Waals surface area contributed by atoms with Gasteiger partial charge in [0.05, 0.1) is 0 Å². The SMILES string of the molecule is CC(C)CNCCCCN1CCC(C(C)C)CC1. The average molecular weight is 254 g/mol. The fourth-order valence-electron chi connectivity index (χ4n) is 2.82. The minimum Gasteiger partial charge on any atom is -0.316 e. The van der Waals surface area contributed by atoms with Crippen molar-refractivity contribution in [2.45, 2.75) is 53.4 Å². The zero-order valence-corrected chi connectivity index (χ0v) is 13.0. The van der Waals surface area contributed by atoms with Crippen molar-refractivity contribution in [2.24, 2.45) is 17.8 Å². The maximum atomic E-state index is 3.53. The van der Waals surface area contributed by atoms with E-state index >= 15 is 0 Å². The molecule has 1 saturated heterocycles. The number of nitrogens with one attached hydrogen (secondary N) is 1. The first-order chi connectivity index (χ1) is 8.59. The van der Waals surface area contributed by atoms with Crippen LogP contribution in [0.25, 0.3) is 0 Å². The fourth-order valence-corrected chi connectivity index (χ4v) is 2.82. The Morgan fingerprint density at radius 3 is 2.28 bits per heavy atom. The van der Waals surface area contributed by atoms with Crippen molar-refractivity contribution in [1.29, 1.82) is 0 Å². The second kappa shape index (κ2) is 8.92. The average Bonchev–Trinajstić information content (AvgIpc) is 2.34. The molecule has 0 aliphatic carbocycles. The van der Waals surface area contributed by atoms with E-state index in [4.69, 9.17) is 0 Å². The molecule has 0 aromatic heterocycles. The Morgan fingerprint density at radius 1 is 1.06 bits per heavy atom. The van der Waals surface area contributed by atoms with Gasteiger partial charge in [0.15, 0.2) is 0 Å². The Hall–Kier alpha value is -0.0800. The van der Waals surface area contributed by atoms with Crippen LogP contribution in [0, 0.1) is 17.8 Å². The van der Waals surface area contributed by atoms with E-state index in [1.54, 1.807) is 0 Å². The molecule has 2 heteroatoms. The summed E-state index contributed by atoms with van der Waals surface area (Å²) in [6, 6.07) is 0. The molecular formula is C16H34N2. The molecule has 0 bridgehead atoms. The Labute approximate surface area is 115 Å². The normalized spacial score (nSPS) is 19.0. The molecule has 1 fully saturated rings. The summed E-state index contributed by atoms with van der Waals surface area (Å²) < 4.78 is 0. The van der Waals surface area contributed by atoms with Crippen molar-refractivity contribution in [3.63, 3.8) is 0 Å². The summed E-state index contributed by atoms with van der Waals surface area (Å²) >= 11 is 0. The lowest BCUT2D eigenvalue weighted by atomic mass is 9.87. The van der Waals surface area contributed by atoms with Crippen LogP contribution >= 0.6 is 0 Å². The summed E-state index contributed by atoms with van der Waals surface area (Å²) in [4.78, 5) is 2.67. The number of likely N-dealkylation sites (tertiary alicyclic amines) is 1. The molecule has 0 atom stereocenters. The summed E-state index contributed by atoms with van der Waals surface area (Å²) in [5.74, 6) is 2.64. The van der Waals surface area contributed by atoms with E-state index in [-0.39, 0.29) is 0 Å². The molecular weight excluding hydrogens is 220 g/mol. The summed E-state index contributed by atoms with van der Waals surface area (Å²) in [6.45, 7) is 15.6. The Bertz CT molecular complexity index is 193. The molecule has 108 valence electrons. The Kier molecular flexibility index (Phi) is 7.92. The van der Waals surface area contributed by atoms with Crippen molar-refractivity contribution in [1.82, 2.24) is 10.2 Å². The van der Waals surface area contributed by atoms with Crippen LogP contribution in [0.5, 0.6) is 0 Å². The largest absolute Gasteiger partial charge is 0.316 e. The van der Waals surface area contributed by atoms with Crippen molar-refractivity contribution >= 4 is 0 Å². The van der Waals surface area contributed by atoms with Crippen LogP contribution in [0.15, 0.2) is 0 Å². The molecule has 0 unspecified atom stereocenters. The third-order valence-corrected chi connectivity index (χ3v) is 4.21. The van der Waals surface area contributed by atoms with Crippen LogP contribution < -0.4 is 5.32 Å². The first-order valence-electron chi connectivity index (χ1n) is 8.02. The molecule has 1 N–H and O–H groups in total. The van der Waals surface area contributed by atoms with Gasteiger partial charge in [0, 0.05) is 0 Å². The second-order valence-electron chi connectivity index (χ2n) is 6.73. The quantitative estimate of drug-likeness (QED) is 0.668. The van der Waals surface area contributed by atoms with Gasteiger partial charge in [-0.25, -0.2) is 0 Å². The number of hydrogen-bond donors (Lipinski definition) is 1. The van der Waals surface area contributed by atoms with E-state index in [2.05, 4.69) is 37.9 Å². The molecule has 0 radical (unpaired) electrons. The number of piperidine rings is 1. The van der Waals surface area contributed by atoms with E-state index in [1.807, 2.05) is 0 Å². The van der Waals surface area contributed by atoms with E-state index in [9.17, 15) is 0 Å². The standard InChI is InChI=1S/C16H34N2/c1-14(2)13-17-9-5-6-10-18-11-7-16(8-12-18)15(3)4/h14-17H,5-13H2,1-4H3. The number of nitrogens with zero attached hydrogens (tertiary/aromatic N) is 1. The van der Waals surface area contributed by atoms with E-state index in [0.717, 1.165) is 17.8 Å². The topological polar surface area (TPSA) is 15.3 Å². The van der Waals surface area contributed by atoms with Gasteiger partial charge in [-0.15, -0.1) is 0 Å². The van der Waals surface area contributed by atoms with Crippen molar-refractivity contribution in [3.05, 3.63) is 0 Å². The first kappa shape index (κ1) is 16.0. The summed E-state index contributed by atoms with van der Waals surface area (Å²) in [6.07, 6.45) is 5.53. The molecule has 1 rings (SSSR count). The molecule has 0 amide bonds. The third kappa shape index (κ3) is 6.75. The van der Waals surface area contributed by atoms with Crippen LogP contribution in [0.1, 0.15) is 53.4 Å². The van der Waals surface area contributed by atoms with Crippen LogP contribution in [0.2, 0.25) is 0 Å². The maximum absolute atomic E-state index is 3.53. The zero-order chi connectivity index (χ0) is 13.4. The third-order valence-electron chi connectivity index (χ3n) is 4.21. The lowest BCUT2D eigenvalue weighted by molar-refractivity contribution is 0.156. The van der Waals surface area contributed by atoms with Gasteiger partial charge < -0.3 is 10.2 Å².